The van der Waals surface area contributed by atoms with E-state index in [4.69, 9.17) is 10.3 Å². The SMILES string of the molecule is OCCC1CCC/C1=N\O. The first-order chi connectivity index (χ1) is 4.88. The number of rotatable bonds is 2. The zero-order chi connectivity index (χ0) is 7.40. The van der Waals surface area contributed by atoms with Gasteiger partial charge < -0.3 is 10.3 Å². The lowest BCUT2D eigenvalue weighted by Crippen LogP contribution is -2.08. The Bertz CT molecular complexity index is 134. The molecule has 0 amide bonds. The van der Waals surface area contributed by atoms with Crippen LogP contribution in [0.25, 0.3) is 0 Å². The Morgan fingerprint density at radius 2 is 2.40 bits per heavy atom. The van der Waals surface area contributed by atoms with Gasteiger partial charge in [0.15, 0.2) is 0 Å². The molecular weight excluding hydrogens is 130 g/mol. The Balaban J connectivity index is 2.42. The number of hydrogen-bond acceptors (Lipinski definition) is 3. The topological polar surface area (TPSA) is 52.8 Å². The first-order valence-electron chi connectivity index (χ1n) is 3.70. The molecule has 0 aromatic heterocycles. The molecule has 1 aliphatic rings. The van der Waals surface area contributed by atoms with E-state index in [2.05, 4.69) is 5.16 Å². The zero-order valence-electron chi connectivity index (χ0n) is 5.95. The van der Waals surface area contributed by atoms with Crippen molar-refractivity contribution < 1.29 is 10.3 Å². The minimum absolute atomic E-state index is 0.198. The quantitative estimate of drug-likeness (QED) is 0.447. The standard InChI is InChI=1S/C7H13NO2/c9-5-4-6-2-1-3-7(6)8-10/h6,9-10H,1-5H2/b8-7+. The average Bonchev–Trinajstić information content (AvgIpc) is 2.36. The third-order valence-electron chi connectivity index (χ3n) is 2.06. The number of aliphatic hydroxyl groups excluding tert-OH is 1. The summed E-state index contributed by atoms with van der Waals surface area (Å²) in [4.78, 5) is 0. The van der Waals surface area contributed by atoms with E-state index in [9.17, 15) is 0 Å². The number of hydrogen-bond donors (Lipinski definition) is 2. The molecule has 0 aromatic rings. The van der Waals surface area contributed by atoms with Gasteiger partial charge in [-0.1, -0.05) is 5.16 Å². The van der Waals surface area contributed by atoms with Gasteiger partial charge in [0.25, 0.3) is 0 Å². The molecule has 1 atom stereocenters. The minimum atomic E-state index is 0.198. The van der Waals surface area contributed by atoms with Crippen molar-refractivity contribution >= 4 is 5.71 Å². The van der Waals surface area contributed by atoms with Crippen LogP contribution in [0.5, 0.6) is 0 Å². The van der Waals surface area contributed by atoms with E-state index in [0.717, 1.165) is 31.4 Å². The fraction of sp³-hybridized carbons (Fsp3) is 0.857. The van der Waals surface area contributed by atoms with Gasteiger partial charge in [0.05, 0.1) is 5.71 Å². The minimum Gasteiger partial charge on any atom is -0.411 e. The summed E-state index contributed by atoms with van der Waals surface area (Å²) < 4.78 is 0. The van der Waals surface area contributed by atoms with Crippen LogP contribution in [0.15, 0.2) is 5.16 Å². The first-order valence-corrected chi connectivity index (χ1v) is 3.70. The van der Waals surface area contributed by atoms with Gasteiger partial charge in [-0.3, -0.25) is 0 Å². The highest BCUT2D eigenvalue weighted by Crippen LogP contribution is 2.24. The maximum absolute atomic E-state index is 8.60. The fourth-order valence-corrected chi connectivity index (χ4v) is 1.50. The molecular formula is C7H13NO2. The summed E-state index contributed by atoms with van der Waals surface area (Å²) in [6.07, 6.45) is 3.82. The number of oxime groups is 1. The van der Waals surface area contributed by atoms with Crippen LogP contribution in [0.4, 0.5) is 0 Å². The summed E-state index contributed by atoms with van der Waals surface area (Å²) in [7, 11) is 0. The summed E-state index contributed by atoms with van der Waals surface area (Å²) in [6, 6.07) is 0. The summed E-state index contributed by atoms with van der Waals surface area (Å²) in [6.45, 7) is 0.198. The van der Waals surface area contributed by atoms with Crippen LogP contribution in [0.1, 0.15) is 25.7 Å². The molecule has 0 saturated heterocycles. The van der Waals surface area contributed by atoms with Crippen LogP contribution >= 0.6 is 0 Å². The highest BCUT2D eigenvalue weighted by atomic mass is 16.4. The van der Waals surface area contributed by atoms with Crippen LogP contribution < -0.4 is 0 Å². The molecule has 0 spiro atoms. The lowest BCUT2D eigenvalue weighted by atomic mass is 10.0. The van der Waals surface area contributed by atoms with Crippen molar-refractivity contribution in [2.45, 2.75) is 25.7 Å². The molecule has 0 bridgehead atoms. The third-order valence-corrected chi connectivity index (χ3v) is 2.06. The molecule has 0 heterocycles. The molecule has 2 N–H and O–H groups in total. The largest absolute Gasteiger partial charge is 0.411 e. The van der Waals surface area contributed by atoms with E-state index < -0.39 is 0 Å². The van der Waals surface area contributed by atoms with E-state index in [1.807, 2.05) is 0 Å². The van der Waals surface area contributed by atoms with Gasteiger partial charge in [0, 0.05) is 12.5 Å². The normalized spacial score (nSPS) is 29.7. The first kappa shape index (κ1) is 7.54. The summed E-state index contributed by atoms with van der Waals surface area (Å²) in [5.74, 6) is 0.343. The van der Waals surface area contributed by atoms with Gasteiger partial charge in [-0.05, 0) is 25.7 Å². The second-order valence-electron chi connectivity index (χ2n) is 2.69. The fourth-order valence-electron chi connectivity index (χ4n) is 1.50. The van der Waals surface area contributed by atoms with Gasteiger partial charge in [-0.15, -0.1) is 0 Å². The Morgan fingerprint density at radius 1 is 1.60 bits per heavy atom. The van der Waals surface area contributed by atoms with Gasteiger partial charge in [-0.2, -0.15) is 0 Å². The van der Waals surface area contributed by atoms with Crippen LogP contribution in [0, 0.1) is 5.92 Å². The highest BCUT2D eigenvalue weighted by Gasteiger charge is 2.21. The summed E-state index contributed by atoms with van der Waals surface area (Å²) in [5.41, 5.74) is 0.869. The number of aliphatic hydroxyl groups is 1. The molecule has 3 heteroatoms. The predicted octanol–water partition coefficient (Wildman–Crippen LogP) is 0.999. The molecule has 0 aliphatic heterocycles. The average molecular weight is 143 g/mol. The molecule has 10 heavy (non-hydrogen) atoms. The van der Waals surface area contributed by atoms with Gasteiger partial charge in [0.1, 0.15) is 0 Å². The Kier molecular flexibility index (Phi) is 2.68. The molecule has 1 aliphatic carbocycles. The predicted molar refractivity (Wildman–Crippen MR) is 38.3 cm³/mol. The van der Waals surface area contributed by atoms with Gasteiger partial charge >= 0.3 is 0 Å². The van der Waals surface area contributed by atoms with Crippen molar-refractivity contribution in [2.75, 3.05) is 6.61 Å². The highest BCUT2D eigenvalue weighted by molar-refractivity contribution is 5.87. The van der Waals surface area contributed by atoms with Crippen molar-refractivity contribution in [2.24, 2.45) is 11.1 Å². The summed E-state index contributed by atoms with van der Waals surface area (Å²) in [5, 5.41) is 20.3. The molecule has 58 valence electrons. The maximum Gasteiger partial charge on any atom is 0.0602 e. The van der Waals surface area contributed by atoms with E-state index in [0.29, 0.717) is 5.92 Å². The molecule has 0 radical (unpaired) electrons. The molecule has 0 aromatic carbocycles. The van der Waals surface area contributed by atoms with Crippen LogP contribution in [0.2, 0.25) is 0 Å². The lowest BCUT2D eigenvalue weighted by molar-refractivity contribution is 0.270. The lowest BCUT2D eigenvalue weighted by Gasteiger charge is -2.05. The third kappa shape index (κ3) is 1.48. The van der Waals surface area contributed by atoms with Gasteiger partial charge in [-0.25, -0.2) is 0 Å². The molecule has 1 unspecified atom stereocenters. The van der Waals surface area contributed by atoms with Crippen molar-refractivity contribution in [3.63, 3.8) is 0 Å². The van der Waals surface area contributed by atoms with Crippen molar-refractivity contribution in [1.29, 1.82) is 0 Å². The summed E-state index contributed by atoms with van der Waals surface area (Å²) >= 11 is 0. The van der Waals surface area contributed by atoms with Crippen LogP contribution in [-0.2, 0) is 0 Å². The Labute approximate surface area is 60.4 Å². The Hall–Kier alpha value is -0.570. The molecule has 3 nitrogen and oxygen atoms in total. The van der Waals surface area contributed by atoms with Crippen LogP contribution in [-0.4, -0.2) is 22.6 Å². The van der Waals surface area contributed by atoms with E-state index >= 15 is 0 Å². The molecule has 1 rings (SSSR count). The van der Waals surface area contributed by atoms with Gasteiger partial charge in [0.2, 0.25) is 0 Å². The molecule has 1 saturated carbocycles. The van der Waals surface area contributed by atoms with E-state index in [-0.39, 0.29) is 6.61 Å². The molecule has 1 fully saturated rings. The van der Waals surface area contributed by atoms with Crippen molar-refractivity contribution in [1.82, 2.24) is 0 Å². The zero-order valence-corrected chi connectivity index (χ0v) is 5.95. The van der Waals surface area contributed by atoms with Crippen molar-refractivity contribution in [3.05, 3.63) is 0 Å². The maximum atomic E-state index is 8.60. The second-order valence-corrected chi connectivity index (χ2v) is 2.69. The smallest absolute Gasteiger partial charge is 0.0602 e. The monoisotopic (exact) mass is 143 g/mol. The second kappa shape index (κ2) is 3.56. The van der Waals surface area contributed by atoms with E-state index in [1.54, 1.807) is 0 Å². The van der Waals surface area contributed by atoms with Crippen molar-refractivity contribution in [3.8, 4) is 0 Å². The number of nitrogens with zero attached hydrogens (tertiary/aromatic N) is 1. The Morgan fingerprint density at radius 3 is 3.00 bits per heavy atom. The van der Waals surface area contributed by atoms with E-state index in [1.165, 1.54) is 0 Å². The van der Waals surface area contributed by atoms with Crippen LogP contribution in [0.3, 0.4) is 0 Å².